The van der Waals surface area contributed by atoms with Gasteiger partial charge in [-0.3, -0.25) is 10.1 Å². The highest BCUT2D eigenvalue weighted by molar-refractivity contribution is 5.89. The predicted molar refractivity (Wildman–Crippen MR) is 94.7 cm³/mol. The van der Waals surface area contributed by atoms with Gasteiger partial charge in [0.05, 0.1) is 12.6 Å². The smallest absolute Gasteiger partial charge is 0.321 e. The van der Waals surface area contributed by atoms with Gasteiger partial charge < -0.3 is 14.8 Å². The number of carboxylic acid groups (broad SMARTS) is 1. The average Bonchev–Trinajstić information content (AvgIpc) is 2.84. The van der Waals surface area contributed by atoms with Crippen molar-refractivity contribution in [3.05, 3.63) is 29.0 Å². The summed E-state index contributed by atoms with van der Waals surface area (Å²) in [7, 11) is 1.67. The van der Waals surface area contributed by atoms with Crippen molar-refractivity contribution in [2.45, 2.75) is 52.1 Å². The molecule has 0 amide bonds. The van der Waals surface area contributed by atoms with Crippen LogP contribution in [0, 0.1) is 12.8 Å². The highest BCUT2D eigenvalue weighted by atomic mass is 16.5. The largest absolute Gasteiger partial charge is 0.496 e. The molecule has 1 aromatic carbocycles. The van der Waals surface area contributed by atoms with Crippen LogP contribution in [0.25, 0.3) is 10.9 Å². The molecule has 1 aromatic heterocycles. The van der Waals surface area contributed by atoms with Crippen LogP contribution in [0.3, 0.4) is 0 Å². The molecular formula is C19H26N2O3. The van der Waals surface area contributed by atoms with E-state index in [1.165, 1.54) is 0 Å². The van der Waals surface area contributed by atoms with E-state index in [0.29, 0.717) is 12.3 Å². The van der Waals surface area contributed by atoms with Crippen molar-refractivity contribution in [3.63, 3.8) is 0 Å². The number of benzene rings is 1. The number of H-pyrrole nitrogens is 1. The van der Waals surface area contributed by atoms with Crippen LogP contribution < -0.4 is 10.1 Å². The summed E-state index contributed by atoms with van der Waals surface area (Å²) >= 11 is 0. The minimum atomic E-state index is -0.796. The van der Waals surface area contributed by atoms with Crippen molar-refractivity contribution < 1.29 is 14.6 Å². The minimum Gasteiger partial charge on any atom is -0.496 e. The fourth-order valence-corrected chi connectivity index (χ4v) is 4.13. The number of nitrogens with one attached hydrogen (secondary N) is 2. The van der Waals surface area contributed by atoms with Crippen molar-refractivity contribution >= 4 is 16.9 Å². The van der Waals surface area contributed by atoms with Gasteiger partial charge in [-0.25, -0.2) is 0 Å². The van der Waals surface area contributed by atoms with Gasteiger partial charge in [-0.15, -0.1) is 0 Å². The van der Waals surface area contributed by atoms with Gasteiger partial charge in [-0.1, -0.05) is 13.8 Å². The van der Waals surface area contributed by atoms with E-state index >= 15 is 0 Å². The molecular weight excluding hydrogens is 304 g/mol. The maximum absolute atomic E-state index is 11.7. The molecule has 2 heterocycles. The maximum Gasteiger partial charge on any atom is 0.321 e. The number of hydrogen-bond acceptors (Lipinski definition) is 3. The summed E-state index contributed by atoms with van der Waals surface area (Å²) in [6.45, 7) is 8.43. The molecule has 0 aliphatic carbocycles. The van der Waals surface area contributed by atoms with Crippen LogP contribution in [-0.2, 0) is 16.8 Å². The third-order valence-electron chi connectivity index (χ3n) is 4.99. The van der Waals surface area contributed by atoms with Gasteiger partial charge in [0.15, 0.2) is 0 Å². The monoisotopic (exact) mass is 330 g/mol. The summed E-state index contributed by atoms with van der Waals surface area (Å²) in [6, 6.07) is 3.54. The molecule has 3 N–H and O–H groups in total. The first kappa shape index (κ1) is 16.8. The van der Waals surface area contributed by atoms with Gasteiger partial charge in [-0.2, -0.15) is 0 Å². The quantitative estimate of drug-likeness (QED) is 0.804. The zero-order valence-electron chi connectivity index (χ0n) is 15.0. The molecule has 5 heteroatoms. The van der Waals surface area contributed by atoms with Crippen molar-refractivity contribution in [1.29, 1.82) is 0 Å². The number of carbonyl (C=O) groups is 1. The molecule has 0 fully saturated rings. The molecule has 3 rings (SSSR count). The molecule has 24 heavy (non-hydrogen) atoms. The van der Waals surface area contributed by atoms with Crippen LogP contribution in [0.2, 0.25) is 0 Å². The summed E-state index contributed by atoms with van der Waals surface area (Å²) in [5.41, 5.74) is 3.90. The van der Waals surface area contributed by atoms with Crippen LogP contribution in [0.4, 0.5) is 0 Å². The summed E-state index contributed by atoms with van der Waals surface area (Å²) in [4.78, 5) is 15.2. The third kappa shape index (κ3) is 2.67. The molecule has 5 nitrogen and oxygen atoms in total. The molecule has 0 unspecified atom stereocenters. The summed E-state index contributed by atoms with van der Waals surface area (Å²) < 4.78 is 5.43. The fraction of sp³-hybridized carbons (Fsp3) is 0.526. The van der Waals surface area contributed by atoms with Crippen molar-refractivity contribution in [3.8, 4) is 5.75 Å². The molecule has 0 bridgehead atoms. The van der Waals surface area contributed by atoms with Crippen molar-refractivity contribution in [2.24, 2.45) is 5.92 Å². The van der Waals surface area contributed by atoms with Crippen LogP contribution in [0.15, 0.2) is 12.1 Å². The molecule has 1 aliphatic rings. The van der Waals surface area contributed by atoms with E-state index in [1.54, 1.807) is 7.11 Å². The number of aromatic amines is 1. The lowest BCUT2D eigenvalue weighted by molar-refractivity contribution is -0.140. The lowest BCUT2D eigenvalue weighted by atomic mass is 9.80. The Bertz CT molecular complexity index is 793. The number of methoxy groups -OCH3 is 1. The van der Waals surface area contributed by atoms with Gasteiger partial charge in [0.1, 0.15) is 11.8 Å². The van der Waals surface area contributed by atoms with E-state index in [1.807, 2.05) is 13.0 Å². The number of aryl methyl sites for hydroxylation is 1. The second kappa shape index (κ2) is 5.81. The molecule has 0 saturated heterocycles. The van der Waals surface area contributed by atoms with E-state index in [0.717, 1.165) is 39.9 Å². The molecule has 2 aromatic rings. The average molecular weight is 330 g/mol. The van der Waals surface area contributed by atoms with E-state index in [9.17, 15) is 9.90 Å². The first-order chi connectivity index (χ1) is 11.2. The fourth-order valence-electron chi connectivity index (χ4n) is 4.13. The van der Waals surface area contributed by atoms with Gasteiger partial charge >= 0.3 is 5.97 Å². The van der Waals surface area contributed by atoms with Gasteiger partial charge in [0.2, 0.25) is 0 Å². The standard InChI is InChI=1S/C19H26N2O3/c1-10(2)9-19(4)17-13(7-15(21-19)18(22)23)12-6-11(3)16(24-5)8-14(12)20-17/h6,8,10,15,20-21H,7,9H2,1-5H3,(H,22,23)/t15-,19+/m1/s1. The van der Waals surface area contributed by atoms with Gasteiger partial charge in [0.25, 0.3) is 0 Å². The van der Waals surface area contributed by atoms with E-state index < -0.39 is 12.0 Å². The Morgan fingerprint density at radius 3 is 2.75 bits per heavy atom. The number of rotatable bonds is 4. The third-order valence-corrected chi connectivity index (χ3v) is 4.99. The van der Waals surface area contributed by atoms with Crippen molar-refractivity contribution in [1.82, 2.24) is 10.3 Å². The SMILES string of the molecule is COc1cc2[nH]c3c(c2cc1C)C[C@H](C(=O)O)N[C@@]3(C)CC(C)C. The lowest BCUT2D eigenvalue weighted by Crippen LogP contribution is -2.54. The molecule has 0 radical (unpaired) electrons. The Hall–Kier alpha value is -2.01. The first-order valence-corrected chi connectivity index (χ1v) is 8.45. The summed E-state index contributed by atoms with van der Waals surface area (Å²) in [5.74, 6) is 0.496. The predicted octanol–water partition coefficient (Wildman–Crippen LogP) is 3.35. The van der Waals surface area contributed by atoms with Gasteiger partial charge in [0, 0.05) is 29.1 Å². The van der Waals surface area contributed by atoms with Crippen molar-refractivity contribution in [2.75, 3.05) is 7.11 Å². The van der Waals surface area contributed by atoms with E-state index in [2.05, 4.69) is 37.1 Å². The molecule has 0 saturated carbocycles. The van der Waals surface area contributed by atoms with Crippen LogP contribution in [-0.4, -0.2) is 29.2 Å². The number of aromatic nitrogens is 1. The number of hydrogen-bond donors (Lipinski definition) is 3. The highest BCUT2D eigenvalue weighted by Gasteiger charge is 2.41. The Morgan fingerprint density at radius 2 is 2.17 bits per heavy atom. The molecule has 130 valence electrons. The summed E-state index contributed by atoms with van der Waals surface area (Å²) in [6.07, 6.45) is 1.36. The Kier molecular flexibility index (Phi) is 4.08. The number of fused-ring (bicyclic) bond motifs is 3. The van der Waals surface area contributed by atoms with Gasteiger partial charge in [-0.05, 0) is 43.4 Å². The van der Waals surface area contributed by atoms with Crippen LogP contribution in [0.1, 0.15) is 44.0 Å². The Balaban J connectivity index is 2.22. The normalized spacial score (nSPS) is 23.5. The molecule has 2 atom stereocenters. The highest BCUT2D eigenvalue weighted by Crippen LogP contribution is 2.40. The first-order valence-electron chi connectivity index (χ1n) is 8.45. The van der Waals surface area contributed by atoms with E-state index in [-0.39, 0.29) is 5.54 Å². The number of carboxylic acids is 1. The Morgan fingerprint density at radius 1 is 1.46 bits per heavy atom. The number of aliphatic carboxylic acids is 1. The van der Waals surface area contributed by atoms with Crippen LogP contribution >= 0.6 is 0 Å². The van der Waals surface area contributed by atoms with E-state index in [4.69, 9.17) is 4.74 Å². The molecule has 0 spiro atoms. The maximum atomic E-state index is 11.7. The summed E-state index contributed by atoms with van der Waals surface area (Å²) in [5, 5.41) is 14.0. The lowest BCUT2D eigenvalue weighted by Gasteiger charge is -2.39. The zero-order valence-corrected chi connectivity index (χ0v) is 15.0. The topological polar surface area (TPSA) is 74.4 Å². The second-order valence-corrected chi connectivity index (χ2v) is 7.52. The number of ether oxygens (including phenoxy) is 1. The second-order valence-electron chi connectivity index (χ2n) is 7.52. The van der Waals surface area contributed by atoms with Crippen LogP contribution in [0.5, 0.6) is 5.75 Å². The zero-order chi connectivity index (χ0) is 17.6. The molecule has 1 aliphatic heterocycles. The Labute approximate surface area is 142 Å². The minimum absolute atomic E-state index is 0.384.